The minimum atomic E-state index is -1.28. The van der Waals surface area contributed by atoms with Crippen molar-refractivity contribution in [3.8, 4) is 17.1 Å². The average molecular weight is 600 g/mol. The van der Waals surface area contributed by atoms with Crippen LogP contribution in [0.4, 0.5) is 0 Å². The molecule has 11 nitrogen and oxygen atoms in total. The number of fused-ring (bicyclic) bond motifs is 4. The quantitative estimate of drug-likeness (QED) is 0.266. The minimum Gasteiger partial charge on any atom is -0.482 e. The first-order valence-electron chi connectivity index (χ1n) is 14.7. The van der Waals surface area contributed by atoms with Crippen LogP contribution in [0.15, 0.2) is 39.8 Å². The number of hydrogen-bond donors (Lipinski definition) is 1. The molecule has 43 heavy (non-hydrogen) atoms. The molecule has 0 radical (unpaired) electrons. The number of rotatable bonds is 8. The van der Waals surface area contributed by atoms with Gasteiger partial charge in [0.15, 0.2) is 0 Å². The topological polar surface area (TPSA) is 144 Å². The maximum absolute atomic E-state index is 13.5. The van der Waals surface area contributed by atoms with Crippen LogP contribution < -0.4 is 10.4 Å². The monoisotopic (exact) mass is 599 g/mol. The number of carbonyl (C=O) groups is 2. The molecular formula is C32H41NO10. The minimum absolute atomic E-state index is 0.0332. The number of carbonyl (C=O) groups excluding carboxylic acids is 2. The maximum atomic E-state index is 13.5. The smallest absolute Gasteiger partial charge is 0.345 e. The first-order chi connectivity index (χ1) is 20.3. The molecule has 2 aliphatic carbocycles. The van der Waals surface area contributed by atoms with E-state index in [2.05, 4.69) is 25.8 Å². The lowest BCUT2D eigenvalue weighted by Crippen LogP contribution is -2.70. The van der Waals surface area contributed by atoms with Crippen molar-refractivity contribution < 1.29 is 42.8 Å². The van der Waals surface area contributed by atoms with Crippen molar-refractivity contribution in [1.82, 2.24) is 4.98 Å². The summed E-state index contributed by atoms with van der Waals surface area (Å²) in [5, 5.41) is 12.1. The van der Waals surface area contributed by atoms with E-state index in [4.69, 9.17) is 28.1 Å². The van der Waals surface area contributed by atoms with Crippen molar-refractivity contribution in [2.24, 2.45) is 28.6 Å². The summed E-state index contributed by atoms with van der Waals surface area (Å²) in [7, 11) is 1.46. The average Bonchev–Trinajstić information content (AvgIpc) is 2.95. The highest BCUT2D eigenvalue weighted by atomic mass is 16.7. The van der Waals surface area contributed by atoms with Gasteiger partial charge in [0, 0.05) is 49.4 Å². The molecule has 3 heterocycles. The normalized spacial score (nSPS) is 34.6. The van der Waals surface area contributed by atoms with Crippen LogP contribution >= 0.6 is 0 Å². The Morgan fingerprint density at radius 2 is 2.00 bits per heavy atom. The van der Waals surface area contributed by atoms with Crippen LogP contribution in [0.25, 0.3) is 11.3 Å². The molecule has 0 aromatic carbocycles. The Hall–Kier alpha value is -3.28. The van der Waals surface area contributed by atoms with Crippen LogP contribution in [-0.4, -0.2) is 60.9 Å². The van der Waals surface area contributed by atoms with Gasteiger partial charge in [-0.3, -0.25) is 9.78 Å². The molecule has 1 aliphatic heterocycles. The number of pyridine rings is 1. The number of esters is 2. The molecule has 234 valence electrons. The fourth-order valence-corrected chi connectivity index (χ4v) is 8.10. The number of hydrogen-bond acceptors (Lipinski definition) is 11. The Balaban J connectivity index is 1.62. The fourth-order valence-electron chi connectivity index (χ4n) is 8.10. The predicted molar refractivity (Wildman–Crippen MR) is 153 cm³/mol. The van der Waals surface area contributed by atoms with Crippen molar-refractivity contribution in [2.45, 2.75) is 71.7 Å². The summed E-state index contributed by atoms with van der Waals surface area (Å²) in [6.07, 6.45) is 2.99. The van der Waals surface area contributed by atoms with Crippen LogP contribution in [0.1, 0.15) is 65.5 Å². The summed E-state index contributed by atoms with van der Waals surface area (Å²) in [6.45, 7) is 9.30. The molecule has 1 N–H and O–H groups in total. The van der Waals surface area contributed by atoms with Gasteiger partial charge in [-0.2, -0.15) is 0 Å². The fraction of sp³-hybridized carbons (Fsp3) is 0.625. The van der Waals surface area contributed by atoms with Crippen LogP contribution in [0, 0.1) is 28.6 Å². The second-order valence-electron chi connectivity index (χ2n) is 12.9. The molecule has 2 saturated carbocycles. The van der Waals surface area contributed by atoms with Gasteiger partial charge in [0.05, 0.1) is 12.7 Å². The molecule has 0 bridgehead atoms. The molecule has 11 heteroatoms. The highest BCUT2D eigenvalue weighted by Crippen LogP contribution is 2.68. The molecule has 3 unspecified atom stereocenters. The molecule has 0 spiro atoms. The highest BCUT2D eigenvalue weighted by molar-refractivity contribution is 5.71. The zero-order valence-corrected chi connectivity index (χ0v) is 25.6. The van der Waals surface area contributed by atoms with E-state index in [0.29, 0.717) is 12.0 Å². The van der Waals surface area contributed by atoms with Gasteiger partial charge in [-0.1, -0.05) is 20.8 Å². The highest BCUT2D eigenvalue weighted by Gasteiger charge is 2.70. The van der Waals surface area contributed by atoms with Crippen molar-refractivity contribution in [1.29, 1.82) is 0 Å². The van der Waals surface area contributed by atoms with Crippen LogP contribution in [0.3, 0.4) is 0 Å². The van der Waals surface area contributed by atoms with E-state index in [1.165, 1.54) is 14.0 Å². The second-order valence-corrected chi connectivity index (χ2v) is 12.9. The third-order valence-electron chi connectivity index (χ3n) is 10.4. The summed E-state index contributed by atoms with van der Waals surface area (Å²) >= 11 is 0. The zero-order valence-electron chi connectivity index (χ0n) is 25.6. The number of nitrogens with zero attached hydrogens (tertiary/aromatic N) is 1. The molecule has 5 rings (SSSR count). The van der Waals surface area contributed by atoms with Gasteiger partial charge in [-0.05, 0) is 55.6 Å². The summed E-state index contributed by atoms with van der Waals surface area (Å²) in [5.41, 5.74) is -2.42. The van der Waals surface area contributed by atoms with Gasteiger partial charge in [0.1, 0.15) is 42.2 Å². The number of ether oxygens (including phenoxy) is 5. The van der Waals surface area contributed by atoms with E-state index in [9.17, 15) is 19.5 Å². The van der Waals surface area contributed by atoms with Crippen molar-refractivity contribution in [3.05, 3.63) is 46.6 Å². The summed E-state index contributed by atoms with van der Waals surface area (Å²) < 4.78 is 34.2. The van der Waals surface area contributed by atoms with Gasteiger partial charge in [0.2, 0.25) is 0 Å². The molecule has 8 atom stereocenters. The zero-order chi connectivity index (χ0) is 31.2. The number of methoxy groups -OCH3 is 1. The molecule has 0 saturated heterocycles. The number of aliphatic hydroxyl groups is 1. The van der Waals surface area contributed by atoms with Gasteiger partial charge in [-0.25, -0.2) is 9.59 Å². The third kappa shape index (κ3) is 5.36. The largest absolute Gasteiger partial charge is 0.482 e. The summed E-state index contributed by atoms with van der Waals surface area (Å²) in [5.74, 6) is -1.24. The second kappa shape index (κ2) is 11.7. The van der Waals surface area contributed by atoms with Gasteiger partial charge in [0.25, 0.3) is 0 Å². The lowest BCUT2D eigenvalue weighted by atomic mass is 9.41. The third-order valence-corrected chi connectivity index (χ3v) is 10.4. The number of aromatic nitrogens is 1. The Labute approximate surface area is 250 Å². The van der Waals surface area contributed by atoms with Crippen molar-refractivity contribution >= 4 is 11.9 Å². The van der Waals surface area contributed by atoms with Gasteiger partial charge in [-0.15, -0.1) is 0 Å². The van der Waals surface area contributed by atoms with Crippen molar-refractivity contribution in [3.63, 3.8) is 0 Å². The standard InChI is InChI=1S/C32H41NO10/c1-18-9-10-30(3)23(31(18,4)16-40-19(2)34)13-24(42-25(35)15-39-17-38-6)32(5)28(30)27(36)26-22(43-32)12-21(41-29(26)37)20-8-7-11-33-14-20/h7-8,11-12,14,18,23-24,27-28,36H,9-10,13,15-17H2,1-6H3/t18-,23?,24-,27-,28?,30-,31?,32+/m0/s1. The van der Waals surface area contributed by atoms with Gasteiger partial charge < -0.3 is 33.2 Å². The molecular weight excluding hydrogens is 558 g/mol. The molecule has 3 aliphatic rings. The maximum Gasteiger partial charge on any atom is 0.345 e. The van der Waals surface area contributed by atoms with Gasteiger partial charge >= 0.3 is 17.6 Å². The summed E-state index contributed by atoms with van der Waals surface area (Å²) in [6, 6.07) is 5.06. The van der Waals surface area contributed by atoms with E-state index in [0.717, 1.165) is 12.8 Å². The lowest BCUT2D eigenvalue weighted by Gasteiger charge is -2.66. The Morgan fingerprint density at radius 3 is 2.67 bits per heavy atom. The molecule has 2 aromatic rings. The van der Waals surface area contributed by atoms with Crippen molar-refractivity contribution in [2.75, 3.05) is 27.1 Å². The first kappa shape index (κ1) is 31.2. The Kier molecular flexibility index (Phi) is 8.45. The summed E-state index contributed by atoms with van der Waals surface area (Å²) in [4.78, 5) is 42.5. The first-order valence-corrected chi connectivity index (χ1v) is 14.7. The SMILES string of the molecule is COCOCC(=O)O[C@H]1CC2C(C)(COC(C)=O)[C@@H](C)CC[C@]2(C)C2[C@@H](O)c3c(cc(-c4cccnc4)oc3=O)O[C@@]21C. The van der Waals surface area contributed by atoms with E-state index in [1.54, 1.807) is 30.6 Å². The van der Waals surface area contributed by atoms with Crippen LogP contribution in [0.5, 0.6) is 5.75 Å². The molecule has 2 aromatic heterocycles. The van der Waals surface area contributed by atoms with Crippen LogP contribution in [0.2, 0.25) is 0 Å². The van der Waals surface area contributed by atoms with Crippen LogP contribution in [-0.2, 0) is 28.5 Å². The molecule has 2 fully saturated rings. The lowest BCUT2D eigenvalue weighted by molar-refractivity contribution is -0.263. The van der Waals surface area contributed by atoms with E-state index < -0.39 is 46.2 Å². The molecule has 0 amide bonds. The van der Waals surface area contributed by atoms with E-state index >= 15 is 0 Å². The van der Waals surface area contributed by atoms with E-state index in [-0.39, 0.29) is 54.9 Å². The van der Waals surface area contributed by atoms with E-state index in [1.807, 2.05) is 6.92 Å². The number of aliphatic hydroxyl groups excluding tert-OH is 1. The predicted octanol–water partition coefficient (Wildman–Crippen LogP) is 4.06. The Bertz CT molecular complexity index is 1410. The Morgan fingerprint density at radius 1 is 1.23 bits per heavy atom.